The summed E-state index contributed by atoms with van der Waals surface area (Å²) >= 11 is 0. The molecule has 0 saturated carbocycles. The van der Waals surface area contributed by atoms with Crippen LogP contribution in [-0.4, -0.2) is 34.8 Å². The van der Waals surface area contributed by atoms with Crippen LogP contribution in [0.25, 0.3) is 10.4 Å². The quantitative estimate of drug-likeness (QED) is 0.335. The number of nitrogens with zero attached hydrogens (tertiary/aromatic N) is 3. The Morgan fingerprint density at radius 1 is 1.58 bits per heavy atom. The van der Waals surface area contributed by atoms with Gasteiger partial charge in [0.05, 0.1) is 18.2 Å². The molecule has 0 aromatic heterocycles. The SMILES string of the molecule is C[C@@H]1O[C@@H](O)C[C@@H](N=[N+]=[N-])[C@H]1O. The number of rotatable bonds is 1. The Morgan fingerprint density at radius 3 is 2.83 bits per heavy atom. The normalized spacial score (nSPS) is 41.9. The summed E-state index contributed by atoms with van der Waals surface area (Å²) in [6, 6.07) is -0.589. The van der Waals surface area contributed by atoms with Gasteiger partial charge in [-0.3, -0.25) is 0 Å². The van der Waals surface area contributed by atoms with E-state index in [1.54, 1.807) is 6.92 Å². The Morgan fingerprint density at radius 2 is 2.25 bits per heavy atom. The third-order valence-corrected chi connectivity index (χ3v) is 1.89. The summed E-state index contributed by atoms with van der Waals surface area (Å²) in [5.41, 5.74) is 8.13. The van der Waals surface area contributed by atoms with Crippen LogP contribution in [0.5, 0.6) is 0 Å². The van der Waals surface area contributed by atoms with Crippen molar-refractivity contribution in [2.24, 2.45) is 5.11 Å². The van der Waals surface area contributed by atoms with Crippen molar-refractivity contribution in [3.05, 3.63) is 10.4 Å². The topological polar surface area (TPSA) is 98.5 Å². The molecule has 4 atom stereocenters. The lowest BCUT2D eigenvalue weighted by Gasteiger charge is -2.33. The van der Waals surface area contributed by atoms with Gasteiger partial charge in [-0.15, -0.1) is 0 Å². The van der Waals surface area contributed by atoms with Gasteiger partial charge in [-0.05, 0) is 12.5 Å². The van der Waals surface area contributed by atoms with Gasteiger partial charge in [0.1, 0.15) is 0 Å². The second kappa shape index (κ2) is 3.73. The number of aliphatic hydroxyl groups excluding tert-OH is 2. The van der Waals surface area contributed by atoms with Gasteiger partial charge in [0.25, 0.3) is 0 Å². The summed E-state index contributed by atoms with van der Waals surface area (Å²) in [6.45, 7) is 1.62. The standard InChI is InChI=1S/C6H11N3O3/c1-3-6(11)4(8-9-7)2-5(10)12-3/h3-6,10-11H,2H2,1H3/t3-,4+,5+,6-/m0/s1. The number of ether oxygens (including phenoxy) is 1. The van der Waals surface area contributed by atoms with Gasteiger partial charge in [-0.25, -0.2) is 0 Å². The van der Waals surface area contributed by atoms with E-state index in [9.17, 15) is 5.11 Å². The molecular weight excluding hydrogens is 162 g/mol. The maximum Gasteiger partial charge on any atom is 0.155 e. The van der Waals surface area contributed by atoms with Crippen LogP contribution >= 0.6 is 0 Å². The van der Waals surface area contributed by atoms with Crippen LogP contribution < -0.4 is 0 Å². The van der Waals surface area contributed by atoms with Crippen molar-refractivity contribution in [1.29, 1.82) is 0 Å². The molecule has 1 fully saturated rings. The fraction of sp³-hybridized carbons (Fsp3) is 1.00. The van der Waals surface area contributed by atoms with E-state index in [1.807, 2.05) is 0 Å². The van der Waals surface area contributed by atoms with Crippen LogP contribution in [0.1, 0.15) is 13.3 Å². The molecule has 0 unspecified atom stereocenters. The summed E-state index contributed by atoms with van der Waals surface area (Å²) in [5, 5.41) is 21.8. The monoisotopic (exact) mass is 173 g/mol. The first-order valence-electron chi connectivity index (χ1n) is 3.71. The van der Waals surface area contributed by atoms with Gasteiger partial charge in [-0.2, -0.15) is 0 Å². The average Bonchev–Trinajstić information content (AvgIpc) is 2.00. The minimum absolute atomic E-state index is 0.148. The molecule has 1 rings (SSSR count). The lowest BCUT2D eigenvalue weighted by Crippen LogP contribution is -2.45. The number of azide groups is 1. The van der Waals surface area contributed by atoms with Gasteiger partial charge in [0, 0.05) is 11.3 Å². The molecule has 6 heteroatoms. The van der Waals surface area contributed by atoms with Gasteiger partial charge in [-0.1, -0.05) is 5.11 Å². The highest BCUT2D eigenvalue weighted by Gasteiger charge is 2.33. The largest absolute Gasteiger partial charge is 0.390 e. The van der Waals surface area contributed by atoms with E-state index in [0.29, 0.717) is 0 Å². The summed E-state index contributed by atoms with van der Waals surface area (Å²) in [7, 11) is 0. The Bertz CT molecular complexity index is 204. The van der Waals surface area contributed by atoms with Crippen LogP contribution in [0.3, 0.4) is 0 Å². The van der Waals surface area contributed by atoms with Crippen molar-refractivity contribution < 1.29 is 14.9 Å². The second-order valence-electron chi connectivity index (χ2n) is 2.79. The maximum atomic E-state index is 9.39. The predicted octanol–water partition coefficient (Wildman–Crippen LogP) is 0.153. The zero-order chi connectivity index (χ0) is 9.14. The number of aliphatic hydroxyl groups is 2. The first-order valence-corrected chi connectivity index (χ1v) is 3.71. The van der Waals surface area contributed by atoms with Crippen LogP contribution in [0.2, 0.25) is 0 Å². The summed E-state index contributed by atoms with van der Waals surface area (Å²) in [5.74, 6) is 0. The molecule has 2 N–H and O–H groups in total. The Hall–Kier alpha value is -0.810. The number of hydrogen-bond acceptors (Lipinski definition) is 4. The summed E-state index contributed by atoms with van der Waals surface area (Å²) in [6.07, 6.45) is -2.12. The van der Waals surface area contributed by atoms with Crippen molar-refractivity contribution in [3.63, 3.8) is 0 Å². The van der Waals surface area contributed by atoms with Crippen molar-refractivity contribution >= 4 is 0 Å². The zero-order valence-electron chi connectivity index (χ0n) is 6.66. The molecule has 0 aliphatic carbocycles. The van der Waals surface area contributed by atoms with Crippen molar-refractivity contribution in [3.8, 4) is 0 Å². The molecule has 0 amide bonds. The van der Waals surface area contributed by atoms with Crippen LogP contribution in [0.15, 0.2) is 5.11 Å². The highest BCUT2D eigenvalue weighted by atomic mass is 16.6. The van der Waals surface area contributed by atoms with E-state index in [1.165, 1.54) is 0 Å². The molecule has 1 aliphatic heterocycles. The van der Waals surface area contributed by atoms with Gasteiger partial charge in [0.2, 0.25) is 0 Å². The minimum Gasteiger partial charge on any atom is -0.390 e. The molecule has 1 saturated heterocycles. The Kier molecular flexibility index (Phi) is 2.88. The molecular formula is C6H11N3O3. The van der Waals surface area contributed by atoms with Crippen LogP contribution in [-0.2, 0) is 4.74 Å². The molecule has 0 spiro atoms. The van der Waals surface area contributed by atoms with Crippen molar-refractivity contribution in [1.82, 2.24) is 0 Å². The Balaban J connectivity index is 2.65. The average molecular weight is 173 g/mol. The predicted molar refractivity (Wildman–Crippen MR) is 40.1 cm³/mol. The first kappa shape index (κ1) is 9.28. The van der Waals surface area contributed by atoms with Crippen LogP contribution in [0.4, 0.5) is 0 Å². The van der Waals surface area contributed by atoms with Gasteiger partial charge in [0.15, 0.2) is 6.29 Å². The summed E-state index contributed by atoms with van der Waals surface area (Å²) < 4.78 is 4.90. The third kappa shape index (κ3) is 1.86. The highest BCUT2D eigenvalue weighted by molar-refractivity contribution is 4.85. The van der Waals surface area contributed by atoms with E-state index in [2.05, 4.69) is 10.0 Å². The molecule has 0 aromatic rings. The van der Waals surface area contributed by atoms with E-state index >= 15 is 0 Å². The van der Waals surface area contributed by atoms with E-state index in [-0.39, 0.29) is 6.42 Å². The lowest BCUT2D eigenvalue weighted by atomic mass is 10.0. The van der Waals surface area contributed by atoms with Crippen LogP contribution in [0, 0.1) is 0 Å². The molecule has 0 aromatic carbocycles. The smallest absolute Gasteiger partial charge is 0.155 e. The fourth-order valence-electron chi connectivity index (χ4n) is 1.22. The first-order chi connectivity index (χ1) is 5.65. The molecule has 68 valence electrons. The van der Waals surface area contributed by atoms with Gasteiger partial charge >= 0.3 is 0 Å². The molecule has 6 nitrogen and oxygen atoms in total. The molecule has 12 heavy (non-hydrogen) atoms. The van der Waals surface area contributed by atoms with E-state index in [0.717, 1.165) is 0 Å². The fourth-order valence-corrected chi connectivity index (χ4v) is 1.22. The zero-order valence-corrected chi connectivity index (χ0v) is 6.66. The summed E-state index contributed by atoms with van der Waals surface area (Å²) in [4.78, 5) is 2.58. The third-order valence-electron chi connectivity index (χ3n) is 1.89. The molecule has 0 radical (unpaired) electrons. The molecule has 0 bridgehead atoms. The van der Waals surface area contributed by atoms with E-state index < -0.39 is 24.5 Å². The van der Waals surface area contributed by atoms with Crippen molar-refractivity contribution in [2.45, 2.75) is 37.9 Å². The maximum absolute atomic E-state index is 9.39. The molecule has 1 aliphatic rings. The lowest BCUT2D eigenvalue weighted by molar-refractivity contribution is -0.198. The Labute approximate surface area is 69.4 Å². The highest BCUT2D eigenvalue weighted by Crippen LogP contribution is 2.21. The van der Waals surface area contributed by atoms with Gasteiger partial charge < -0.3 is 14.9 Å². The van der Waals surface area contributed by atoms with Crippen molar-refractivity contribution in [2.75, 3.05) is 0 Å². The molecule has 1 heterocycles. The number of hydrogen-bond donors (Lipinski definition) is 2. The second-order valence-corrected chi connectivity index (χ2v) is 2.79. The minimum atomic E-state index is -0.945. The van der Waals surface area contributed by atoms with E-state index in [4.69, 9.17) is 15.4 Å².